The van der Waals surface area contributed by atoms with Gasteiger partial charge in [0, 0.05) is 25.1 Å². The van der Waals surface area contributed by atoms with Gasteiger partial charge in [0.25, 0.3) is 0 Å². The third-order valence-electron chi connectivity index (χ3n) is 8.49. The maximum atomic E-state index is 14.1. The van der Waals surface area contributed by atoms with E-state index < -0.39 is 70.2 Å². The number of hydrogen-bond donors (Lipinski definition) is 3. The van der Waals surface area contributed by atoms with Gasteiger partial charge in [-0.25, -0.2) is 38.6 Å². The SMILES string of the molecule is CC(C)(C)OC(=O)N=C(CCCCCCCCCN(C(=O)OC(C)(C)C)C(=NC(=O)OC(C)(C)C)N(CCCOc1ccc(C(=N)NC(=O)OC(C)(C)C)cc1Cl)C(=O)OC(C)(C)C)NC(=O)OC(C)(C)C. The summed E-state index contributed by atoms with van der Waals surface area (Å²) < 4.78 is 39.0. The van der Waals surface area contributed by atoms with Gasteiger partial charge in [-0.2, -0.15) is 4.99 Å². The van der Waals surface area contributed by atoms with Gasteiger partial charge in [-0.05, 0) is 162 Å². The van der Waals surface area contributed by atoms with Crippen molar-refractivity contribution in [3.05, 3.63) is 28.8 Å². The molecule has 1 aromatic carbocycles. The Hall–Kier alpha value is -5.66. The van der Waals surface area contributed by atoms with E-state index in [0.29, 0.717) is 31.2 Å². The number of alkyl carbamates (subject to hydrolysis) is 2. The zero-order valence-corrected chi connectivity index (χ0v) is 46.9. The number of nitrogens with one attached hydrogen (secondary N) is 3. The van der Waals surface area contributed by atoms with Gasteiger partial charge in [0.1, 0.15) is 51.0 Å². The van der Waals surface area contributed by atoms with E-state index in [0.717, 1.165) is 35.5 Å². The highest BCUT2D eigenvalue weighted by Crippen LogP contribution is 2.26. The first-order valence-electron chi connectivity index (χ1n) is 24.4. The van der Waals surface area contributed by atoms with Crippen LogP contribution >= 0.6 is 11.6 Å². The van der Waals surface area contributed by atoms with E-state index in [1.54, 1.807) is 125 Å². The molecule has 408 valence electrons. The molecule has 0 aliphatic rings. The van der Waals surface area contributed by atoms with Crippen molar-refractivity contribution in [1.29, 1.82) is 5.41 Å². The zero-order valence-electron chi connectivity index (χ0n) is 46.2. The normalized spacial score (nSPS) is 12.8. The predicted octanol–water partition coefficient (Wildman–Crippen LogP) is 12.7. The lowest BCUT2D eigenvalue weighted by Crippen LogP contribution is -2.53. The van der Waals surface area contributed by atoms with E-state index >= 15 is 0 Å². The highest BCUT2D eigenvalue weighted by molar-refractivity contribution is 6.32. The fraction of sp³-hybridized carbons (Fsp3) is 0.706. The molecule has 0 bridgehead atoms. The highest BCUT2D eigenvalue weighted by Gasteiger charge is 2.35. The standard InChI is InChI=1S/C51H84ClN7O13/c1-46(2,3)67-40(60)54-37(55-41(61)68-47(4,5)6)27-24-22-20-19-21-23-25-30-58(44(64)71-50(13,14)15)39(57-43(63)70-49(10,11)12)59(45(65)72-51(16,17)18)31-26-32-66-36-29-28-34(33-35(36)52)38(53)56-42(62)69-48(7,8)9/h28-29,33H,19-27,30-32H2,1-18H3,(H2,53,56,62)(H,54,55,60,61). The summed E-state index contributed by atoms with van der Waals surface area (Å²) in [4.78, 5) is 89.4. The Kier molecular flexibility index (Phi) is 25.0. The summed E-state index contributed by atoms with van der Waals surface area (Å²) in [5, 5.41) is 13.4. The molecule has 72 heavy (non-hydrogen) atoms. The number of amides is 6. The highest BCUT2D eigenvalue weighted by atomic mass is 35.5. The number of benzene rings is 1. The first kappa shape index (κ1) is 64.4. The number of carbonyl (C=O) groups is 6. The lowest BCUT2D eigenvalue weighted by Gasteiger charge is -2.34. The largest absolute Gasteiger partial charge is 0.492 e. The Morgan fingerprint density at radius 3 is 1.38 bits per heavy atom. The first-order valence-corrected chi connectivity index (χ1v) is 24.7. The van der Waals surface area contributed by atoms with Crippen molar-refractivity contribution >= 4 is 65.8 Å². The summed E-state index contributed by atoms with van der Waals surface area (Å²) in [6, 6.07) is 4.51. The van der Waals surface area contributed by atoms with Gasteiger partial charge in [-0.1, -0.05) is 43.7 Å². The number of amidine groups is 2. The van der Waals surface area contributed by atoms with Crippen LogP contribution in [0.5, 0.6) is 5.75 Å². The van der Waals surface area contributed by atoms with E-state index in [1.165, 1.54) is 18.2 Å². The number of rotatable bonds is 16. The average molecular weight is 1040 g/mol. The van der Waals surface area contributed by atoms with Crippen LogP contribution in [-0.2, 0) is 28.4 Å². The van der Waals surface area contributed by atoms with Crippen LogP contribution in [0.4, 0.5) is 28.8 Å². The molecule has 3 N–H and O–H groups in total. The summed E-state index contributed by atoms with van der Waals surface area (Å²) in [6.07, 6.45) is 0.0480. The molecule has 1 aromatic rings. The molecule has 0 aliphatic heterocycles. The first-order chi connectivity index (χ1) is 32.7. The minimum absolute atomic E-state index is 0.00703. The van der Waals surface area contributed by atoms with Crippen LogP contribution in [0.25, 0.3) is 0 Å². The van der Waals surface area contributed by atoms with Gasteiger partial charge in [-0.3, -0.25) is 16.0 Å². The van der Waals surface area contributed by atoms with E-state index in [4.69, 9.17) is 50.2 Å². The molecule has 21 heteroatoms. The summed E-state index contributed by atoms with van der Waals surface area (Å²) in [5.74, 6) is -0.213. The number of guanidine groups is 1. The van der Waals surface area contributed by atoms with Gasteiger partial charge in [0.05, 0.1) is 11.6 Å². The maximum Gasteiger partial charge on any atom is 0.437 e. The lowest BCUT2D eigenvalue weighted by atomic mass is 10.1. The number of aliphatic imine (C=N–C) groups is 2. The number of carbonyl (C=O) groups excluding carboxylic acids is 6. The third-order valence-corrected chi connectivity index (χ3v) is 8.78. The molecule has 0 aromatic heterocycles. The van der Waals surface area contributed by atoms with Crippen molar-refractivity contribution in [2.24, 2.45) is 9.98 Å². The average Bonchev–Trinajstić information content (AvgIpc) is 3.14. The van der Waals surface area contributed by atoms with Crippen LogP contribution < -0.4 is 15.4 Å². The van der Waals surface area contributed by atoms with E-state index in [2.05, 4.69) is 20.6 Å². The monoisotopic (exact) mass is 1040 g/mol. The molecule has 6 amide bonds. The molecule has 20 nitrogen and oxygen atoms in total. The van der Waals surface area contributed by atoms with Crippen LogP contribution in [0.2, 0.25) is 5.02 Å². The van der Waals surface area contributed by atoms with Crippen LogP contribution in [0.1, 0.15) is 188 Å². The molecule has 0 saturated carbocycles. The number of nitrogens with zero attached hydrogens (tertiary/aromatic N) is 4. The fourth-order valence-corrected chi connectivity index (χ4v) is 6.11. The second-order valence-corrected chi connectivity index (χ2v) is 23.3. The Morgan fingerprint density at radius 1 is 0.528 bits per heavy atom. The predicted molar refractivity (Wildman–Crippen MR) is 277 cm³/mol. The van der Waals surface area contributed by atoms with Gasteiger partial charge in [0.2, 0.25) is 5.96 Å². The number of hydrogen-bond acceptors (Lipinski definition) is 14. The quantitative estimate of drug-likeness (QED) is 0.0604. The van der Waals surface area contributed by atoms with Gasteiger partial charge in [0.15, 0.2) is 0 Å². The van der Waals surface area contributed by atoms with Crippen molar-refractivity contribution in [2.45, 2.75) is 216 Å². The van der Waals surface area contributed by atoms with Gasteiger partial charge in [-0.15, -0.1) is 4.99 Å². The Morgan fingerprint density at radius 2 is 0.931 bits per heavy atom. The molecule has 0 atom stereocenters. The number of ether oxygens (including phenoxy) is 7. The van der Waals surface area contributed by atoms with Crippen LogP contribution in [-0.4, -0.2) is 117 Å². The minimum atomic E-state index is -1.06. The lowest BCUT2D eigenvalue weighted by molar-refractivity contribution is 0.0267. The summed E-state index contributed by atoms with van der Waals surface area (Å²) >= 11 is 6.53. The molecule has 0 spiro atoms. The molecule has 0 fully saturated rings. The zero-order chi connectivity index (χ0) is 55.5. The van der Waals surface area contributed by atoms with E-state index in [-0.39, 0.29) is 54.5 Å². The second-order valence-electron chi connectivity index (χ2n) is 22.9. The summed E-state index contributed by atoms with van der Waals surface area (Å²) in [7, 11) is 0. The maximum absolute atomic E-state index is 14.1. The van der Waals surface area contributed by atoms with E-state index in [1.807, 2.05) is 0 Å². The molecular formula is C51H84ClN7O13. The van der Waals surface area contributed by atoms with Crippen molar-refractivity contribution in [3.63, 3.8) is 0 Å². The molecule has 0 aliphatic carbocycles. The molecule has 0 radical (unpaired) electrons. The van der Waals surface area contributed by atoms with E-state index in [9.17, 15) is 28.8 Å². The van der Waals surface area contributed by atoms with Gasteiger partial charge >= 0.3 is 36.6 Å². The van der Waals surface area contributed by atoms with Crippen LogP contribution in [0.3, 0.4) is 0 Å². The Bertz CT molecular complexity index is 2070. The molecule has 0 unspecified atom stereocenters. The van der Waals surface area contributed by atoms with Crippen molar-refractivity contribution in [1.82, 2.24) is 20.4 Å². The molecular weight excluding hydrogens is 954 g/mol. The topological polar surface area (TPSA) is 246 Å². The van der Waals surface area contributed by atoms with Crippen LogP contribution in [0, 0.1) is 5.41 Å². The Labute approximate surface area is 432 Å². The van der Waals surface area contributed by atoms with Crippen molar-refractivity contribution in [3.8, 4) is 5.75 Å². The summed E-state index contributed by atoms with van der Waals surface area (Å²) in [5.41, 5.74) is -4.94. The second kappa shape index (κ2) is 28.0. The number of unbranched alkanes of at least 4 members (excludes halogenated alkanes) is 6. The Balaban J connectivity index is 3.34. The van der Waals surface area contributed by atoms with Crippen molar-refractivity contribution < 1.29 is 61.9 Å². The van der Waals surface area contributed by atoms with Crippen molar-refractivity contribution in [2.75, 3.05) is 19.7 Å². The minimum Gasteiger partial charge on any atom is -0.492 e. The fourth-order valence-electron chi connectivity index (χ4n) is 5.88. The van der Waals surface area contributed by atoms with Crippen LogP contribution in [0.15, 0.2) is 28.2 Å². The third kappa shape index (κ3) is 30.3. The molecule has 0 saturated heterocycles. The van der Waals surface area contributed by atoms with Gasteiger partial charge < -0.3 is 33.2 Å². The summed E-state index contributed by atoms with van der Waals surface area (Å²) in [6.45, 7) is 30.3. The molecule has 0 heterocycles. The molecule has 1 rings (SSSR count). The number of halogens is 1. The smallest absolute Gasteiger partial charge is 0.437 e.